The molecule has 0 radical (unpaired) electrons. The second-order valence-corrected chi connectivity index (χ2v) is 12.2. The van der Waals surface area contributed by atoms with E-state index < -0.39 is 0 Å². The van der Waals surface area contributed by atoms with Gasteiger partial charge in [0, 0.05) is 39.3 Å². The predicted octanol–water partition coefficient (Wildman–Crippen LogP) is 2.30. The van der Waals surface area contributed by atoms with Crippen molar-refractivity contribution >= 4 is 0 Å². The van der Waals surface area contributed by atoms with Crippen LogP contribution in [0.4, 0.5) is 0 Å². The molecule has 0 amide bonds. The summed E-state index contributed by atoms with van der Waals surface area (Å²) < 4.78 is 36.4. The first-order valence-corrected chi connectivity index (χ1v) is 14.6. The molecule has 7 aliphatic rings. The van der Waals surface area contributed by atoms with Crippen LogP contribution in [0.5, 0.6) is 0 Å². The molecule has 0 aromatic rings. The molecule has 3 aliphatic heterocycles. The number of hydrogen-bond acceptors (Lipinski definition) is 8. The molecule has 3 saturated heterocycles. The standard InChI is InChI=1S/C28H50N2O6/c1-7-31-13-14-33-9-3-30-4-10-34-16-15-32-8-2-29(1)5-11-35-23-27-18-25-17-26(19-27)21-28(20-25,22-27)24-36-12-6-30/h25-26H,1-24H2. The van der Waals surface area contributed by atoms with Crippen LogP contribution in [-0.2, 0) is 28.4 Å². The second-order valence-electron chi connectivity index (χ2n) is 12.2. The lowest BCUT2D eigenvalue weighted by atomic mass is 9.44. The van der Waals surface area contributed by atoms with Crippen LogP contribution in [0.25, 0.3) is 0 Å². The zero-order valence-corrected chi connectivity index (χ0v) is 22.5. The van der Waals surface area contributed by atoms with Gasteiger partial charge in [-0.25, -0.2) is 0 Å². The summed E-state index contributed by atoms with van der Waals surface area (Å²) in [6.45, 7) is 14.2. The molecule has 0 unspecified atom stereocenters. The molecule has 8 heteroatoms. The van der Waals surface area contributed by atoms with E-state index >= 15 is 0 Å². The summed E-state index contributed by atoms with van der Waals surface area (Å²) in [4.78, 5) is 4.83. The molecule has 2 spiro atoms. The third-order valence-electron chi connectivity index (χ3n) is 9.18. The van der Waals surface area contributed by atoms with Crippen LogP contribution in [0.2, 0.25) is 0 Å². The van der Waals surface area contributed by atoms with Gasteiger partial charge in [0.15, 0.2) is 0 Å². The highest BCUT2D eigenvalue weighted by Crippen LogP contribution is 2.65. The molecule has 208 valence electrons. The van der Waals surface area contributed by atoms with Crippen LogP contribution in [0.1, 0.15) is 38.5 Å². The van der Waals surface area contributed by atoms with E-state index in [0.717, 1.165) is 77.5 Å². The lowest BCUT2D eigenvalue weighted by molar-refractivity contribution is -0.161. The third kappa shape index (κ3) is 7.85. The van der Waals surface area contributed by atoms with Gasteiger partial charge in [-0.2, -0.15) is 0 Å². The Labute approximate surface area is 218 Å². The maximum Gasteiger partial charge on any atom is 0.0701 e. The predicted molar refractivity (Wildman–Crippen MR) is 137 cm³/mol. The van der Waals surface area contributed by atoms with Crippen LogP contribution in [0.15, 0.2) is 0 Å². The summed E-state index contributed by atoms with van der Waals surface area (Å²) in [5.41, 5.74) is 0.755. The van der Waals surface area contributed by atoms with Gasteiger partial charge in [0.05, 0.1) is 79.3 Å². The molecule has 0 atom stereocenters. The van der Waals surface area contributed by atoms with Crippen LogP contribution in [0.3, 0.4) is 0 Å². The largest absolute Gasteiger partial charge is 0.380 e. The molecule has 7 fully saturated rings. The quantitative estimate of drug-likeness (QED) is 0.492. The highest BCUT2D eigenvalue weighted by molar-refractivity contribution is 5.07. The fraction of sp³-hybridized carbons (Fsp3) is 1.00. The minimum Gasteiger partial charge on any atom is -0.380 e. The number of rotatable bonds is 0. The summed E-state index contributed by atoms with van der Waals surface area (Å²) in [5, 5.41) is 0. The van der Waals surface area contributed by atoms with Crippen LogP contribution >= 0.6 is 0 Å². The smallest absolute Gasteiger partial charge is 0.0701 e. The van der Waals surface area contributed by atoms with Gasteiger partial charge >= 0.3 is 0 Å². The van der Waals surface area contributed by atoms with Gasteiger partial charge in [-0.05, 0) is 61.2 Å². The van der Waals surface area contributed by atoms with E-state index in [1.807, 2.05) is 0 Å². The van der Waals surface area contributed by atoms with Crippen molar-refractivity contribution in [1.29, 1.82) is 0 Å². The van der Waals surface area contributed by atoms with Gasteiger partial charge in [-0.3, -0.25) is 9.80 Å². The maximum atomic E-state index is 6.45. The first kappa shape index (κ1) is 27.3. The zero-order valence-electron chi connectivity index (χ0n) is 22.5. The number of hydrogen-bond donors (Lipinski definition) is 0. The van der Waals surface area contributed by atoms with Gasteiger partial charge < -0.3 is 28.4 Å². The van der Waals surface area contributed by atoms with E-state index in [1.54, 1.807) is 0 Å². The molecular weight excluding hydrogens is 460 g/mol. The molecular formula is C28H50N2O6. The fourth-order valence-corrected chi connectivity index (χ4v) is 8.04. The Morgan fingerprint density at radius 1 is 0.417 bits per heavy atom. The van der Waals surface area contributed by atoms with Crippen molar-refractivity contribution in [2.75, 3.05) is 119 Å². The molecule has 4 saturated carbocycles. The molecule has 0 aromatic carbocycles. The SMILES string of the molecule is C1COCCN2CCOCCOCCN(CCO1)CCOCC13CC4CC(C1)CC(COCC2)(C4)C3. The van der Waals surface area contributed by atoms with Gasteiger partial charge in [0.25, 0.3) is 0 Å². The topological polar surface area (TPSA) is 61.9 Å². The summed E-state index contributed by atoms with van der Waals surface area (Å²) >= 11 is 0. The Balaban J connectivity index is 1.25. The fourth-order valence-electron chi connectivity index (χ4n) is 8.04. The Bertz CT molecular complexity index is 568. The number of nitrogens with zero attached hydrogens (tertiary/aromatic N) is 2. The molecule has 4 aliphatic carbocycles. The first-order chi connectivity index (χ1) is 17.7. The Morgan fingerprint density at radius 2 is 0.750 bits per heavy atom. The maximum absolute atomic E-state index is 6.45. The molecule has 0 aromatic heterocycles. The van der Waals surface area contributed by atoms with Crippen molar-refractivity contribution in [3.8, 4) is 0 Å². The number of fused-ring (bicyclic) bond motifs is 20. The molecule has 7 rings (SSSR count). The minimum absolute atomic E-state index is 0.378. The summed E-state index contributed by atoms with van der Waals surface area (Å²) in [6, 6.07) is 0. The van der Waals surface area contributed by atoms with E-state index in [0.29, 0.717) is 63.7 Å². The number of ether oxygens (including phenoxy) is 6. The van der Waals surface area contributed by atoms with Crippen molar-refractivity contribution in [3.63, 3.8) is 0 Å². The van der Waals surface area contributed by atoms with Gasteiger partial charge in [0.2, 0.25) is 0 Å². The summed E-state index contributed by atoms with van der Waals surface area (Å²) in [7, 11) is 0. The van der Waals surface area contributed by atoms with E-state index in [-0.39, 0.29) is 0 Å². The van der Waals surface area contributed by atoms with Crippen molar-refractivity contribution in [3.05, 3.63) is 0 Å². The van der Waals surface area contributed by atoms with Gasteiger partial charge in [0.1, 0.15) is 0 Å². The van der Waals surface area contributed by atoms with Gasteiger partial charge in [-0.1, -0.05) is 0 Å². The molecule has 6 bridgehead atoms. The Hall–Kier alpha value is -0.320. The van der Waals surface area contributed by atoms with Crippen molar-refractivity contribution in [2.45, 2.75) is 38.5 Å². The Kier molecular flexibility index (Phi) is 10.3. The molecule has 0 N–H and O–H groups in total. The minimum atomic E-state index is 0.378. The Morgan fingerprint density at radius 3 is 1.11 bits per heavy atom. The van der Waals surface area contributed by atoms with E-state index in [1.165, 1.54) is 38.5 Å². The van der Waals surface area contributed by atoms with Crippen molar-refractivity contribution in [2.24, 2.45) is 22.7 Å². The lowest BCUT2D eigenvalue weighted by Gasteiger charge is -2.62. The monoisotopic (exact) mass is 510 g/mol. The summed E-state index contributed by atoms with van der Waals surface area (Å²) in [6.07, 6.45) is 8.19. The molecule has 3 heterocycles. The highest BCUT2D eigenvalue weighted by atomic mass is 16.5. The first-order valence-electron chi connectivity index (χ1n) is 14.6. The van der Waals surface area contributed by atoms with E-state index in [4.69, 9.17) is 28.4 Å². The molecule has 36 heavy (non-hydrogen) atoms. The molecule has 8 nitrogen and oxygen atoms in total. The van der Waals surface area contributed by atoms with Crippen LogP contribution in [0, 0.1) is 22.7 Å². The van der Waals surface area contributed by atoms with Crippen molar-refractivity contribution in [1.82, 2.24) is 9.80 Å². The van der Waals surface area contributed by atoms with E-state index in [9.17, 15) is 0 Å². The average Bonchev–Trinajstić information content (AvgIpc) is 2.84. The normalized spacial score (nSPS) is 42.7. The summed E-state index contributed by atoms with van der Waals surface area (Å²) in [5.74, 6) is 1.75. The third-order valence-corrected chi connectivity index (χ3v) is 9.18. The van der Waals surface area contributed by atoms with E-state index in [2.05, 4.69) is 9.80 Å². The average molecular weight is 511 g/mol. The van der Waals surface area contributed by atoms with Crippen LogP contribution in [-0.4, -0.2) is 128 Å². The van der Waals surface area contributed by atoms with Gasteiger partial charge in [-0.15, -0.1) is 0 Å². The highest BCUT2D eigenvalue weighted by Gasteiger charge is 2.57. The zero-order chi connectivity index (χ0) is 24.5. The lowest BCUT2D eigenvalue weighted by Crippen LogP contribution is -2.55. The van der Waals surface area contributed by atoms with Crippen molar-refractivity contribution < 1.29 is 28.4 Å². The van der Waals surface area contributed by atoms with Crippen LogP contribution < -0.4 is 0 Å². The second kappa shape index (κ2) is 13.7.